The molecule has 7 heteroatoms. The van der Waals surface area contributed by atoms with E-state index < -0.39 is 0 Å². The molecule has 29 heavy (non-hydrogen) atoms. The molecule has 1 unspecified atom stereocenters. The first kappa shape index (κ1) is 17.1. The Labute approximate surface area is 165 Å². The molecule has 142 valence electrons. The topological polar surface area (TPSA) is 96.7 Å². The molecule has 0 spiro atoms. The second kappa shape index (κ2) is 6.87. The first-order valence-corrected chi connectivity index (χ1v) is 9.24. The van der Waals surface area contributed by atoms with E-state index in [9.17, 15) is 4.79 Å². The molecule has 0 amide bonds. The maximum Gasteiger partial charge on any atom is 0.343 e. The van der Waals surface area contributed by atoms with Gasteiger partial charge in [-0.05, 0) is 18.6 Å². The molecule has 7 nitrogen and oxygen atoms in total. The lowest BCUT2D eigenvalue weighted by Crippen LogP contribution is -2.14. The van der Waals surface area contributed by atoms with E-state index in [1.807, 2.05) is 55.5 Å². The van der Waals surface area contributed by atoms with Crippen molar-refractivity contribution in [2.24, 2.45) is 0 Å². The van der Waals surface area contributed by atoms with Crippen molar-refractivity contribution in [3.63, 3.8) is 0 Å². The minimum absolute atomic E-state index is 0.324. The average molecular weight is 383 g/mol. The van der Waals surface area contributed by atoms with Crippen LogP contribution in [0.3, 0.4) is 0 Å². The average Bonchev–Trinajstić information content (AvgIpc) is 3.24. The van der Waals surface area contributed by atoms with Crippen LogP contribution in [0, 0.1) is 0 Å². The van der Waals surface area contributed by atoms with Crippen LogP contribution in [0.1, 0.15) is 18.7 Å². The first-order valence-electron chi connectivity index (χ1n) is 9.24. The van der Waals surface area contributed by atoms with Gasteiger partial charge in [0.1, 0.15) is 17.9 Å². The summed E-state index contributed by atoms with van der Waals surface area (Å²) in [6.45, 7) is 1.94. The monoisotopic (exact) mass is 383 g/mol. The highest BCUT2D eigenvalue weighted by molar-refractivity contribution is 5.97. The lowest BCUT2D eigenvalue weighted by molar-refractivity contribution is 0.452. The molecule has 0 fully saturated rings. The van der Waals surface area contributed by atoms with Crippen molar-refractivity contribution < 1.29 is 4.42 Å². The SMILES string of the molecule is CC(Nc1ncnc2[nH]ncc12)c1oc(=O)c2ccccc2c1-c1ccccc1. The Morgan fingerprint density at radius 1 is 0.966 bits per heavy atom. The number of nitrogens with one attached hydrogen (secondary N) is 2. The predicted molar refractivity (Wildman–Crippen MR) is 112 cm³/mol. The second-order valence-corrected chi connectivity index (χ2v) is 6.76. The first-order chi connectivity index (χ1) is 14.2. The molecule has 0 radical (unpaired) electrons. The second-order valence-electron chi connectivity index (χ2n) is 6.76. The quantitative estimate of drug-likeness (QED) is 0.480. The third kappa shape index (κ3) is 2.93. The van der Waals surface area contributed by atoms with Gasteiger partial charge in [-0.25, -0.2) is 14.8 Å². The van der Waals surface area contributed by atoms with Gasteiger partial charge in [-0.1, -0.05) is 48.5 Å². The Kier molecular flexibility index (Phi) is 4.05. The van der Waals surface area contributed by atoms with Gasteiger partial charge in [0.15, 0.2) is 5.65 Å². The highest BCUT2D eigenvalue weighted by Gasteiger charge is 2.21. The smallest absolute Gasteiger partial charge is 0.343 e. The van der Waals surface area contributed by atoms with E-state index in [1.165, 1.54) is 6.33 Å². The summed E-state index contributed by atoms with van der Waals surface area (Å²) in [7, 11) is 0. The number of hydrogen-bond donors (Lipinski definition) is 2. The van der Waals surface area contributed by atoms with Gasteiger partial charge < -0.3 is 9.73 Å². The van der Waals surface area contributed by atoms with Crippen molar-refractivity contribution >= 4 is 27.6 Å². The molecule has 0 saturated carbocycles. The number of nitrogens with zero attached hydrogens (tertiary/aromatic N) is 3. The van der Waals surface area contributed by atoms with Crippen molar-refractivity contribution in [1.82, 2.24) is 20.2 Å². The summed E-state index contributed by atoms with van der Waals surface area (Å²) in [4.78, 5) is 21.2. The van der Waals surface area contributed by atoms with E-state index in [0.29, 0.717) is 22.6 Å². The molecular formula is C22H17N5O2. The molecule has 1 atom stereocenters. The van der Waals surface area contributed by atoms with Gasteiger partial charge in [-0.15, -0.1) is 0 Å². The summed E-state index contributed by atoms with van der Waals surface area (Å²) >= 11 is 0. The van der Waals surface area contributed by atoms with Gasteiger partial charge in [-0.3, -0.25) is 5.10 Å². The number of aromatic nitrogens is 4. The molecule has 0 aliphatic heterocycles. The maximum absolute atomic E-state index is 12.7. The summed E-state index contributed by atoms with van der Waals surface area (Å²) in [6, 6.07) is 17.1. The minimum Gasteiger partial charge on any atom is -0.425 e. The highest BCUT2D eigenvalue weighted by atomic mass is 16.4. The van der Waals surface area contributed by atoms with Crippen LogP contribution >= 0.6 is 0 Å². The summed E-state index contributed by atoms with van der Waals surface area (Å²) in [5.41, 5.74) is 2.14. The lowest BCUT2D eigenvalue weighted by Gasteiger charge is -2.19. The third-order valence-electron chi connectivity index (χ3n) is 4.92. The van der Waals surface area contributed by atoms with Gasteiger partial charge in [0.25, 0.3) is 0 Å². The predicted octanol–water partition coefficient (Wildman–Crippen LogP) is 4.30. The molecule has 0 saturated heterocycles. The highest BCUT2D eigenvalue weighted by Crippen LogP contribution is 2.35. The van der Waals surface area contributed by atoms with Gasteiger partial charge >= 0.3 is 5.63 Å². The number of aromatic amines is 1. The van der Waals surface area contributed by atoms with Gasteiger partial charge in [0, 0.05) is 10.9 Å². The zero-order chi connectivity index (χ0) is 19.8. The zero-order valence-corrected chi connectivity index (χ0v) is 15.6. The van der Waals surface area contributed by atoms with Crippen LogP contribution in [0.4, 0.5) is 5.82 Å². The molecular weight excluding hydrogens is 366 g/mol. The Bertz CT molecular complexity index is 1370. The van der Waals surface area contributed by atoms with Gasteiger partial charge in [-0.2, -0.15) is 5.10 Å². The normalized spacial score (nSPS) is 12.3. The van der Waals surface area contributed by atoms with E-state index >= 15 is 0 Å². The van der Waals surface area contributed by atoms with Gasteiger partial charge in [0.05, 0.1) is 23.0 Å². The third-order valence-corrected chi connectivity index (χ3v) is 4.92. The van der Waals surface area contributed by atoms with Crippen molar-refractivity contribution in [2.45, 2.75) is 13.0 Å². The Balaban J connectivity index is 1.70. The van der Waals surface area contributed by atoms with Crippen LogP contribution in [-0.2, 0) is 0 Å². The number of hydrogen-bond acceptors (Lipinski definition) is 6. The van der Waals surface area contributed by atoms with Crippen LogP contribution in [0.25, 0.3) is 32.9 Å². The van der Waals surface area contributed by atoms with Crippen LogP contribution in [0.15, 0.2) is 76.3 Å². The maximum atomic E-state index is 12.7. The van der Waals surface area contributed by atoms with Crippen LogP contribution in [-0.4, -0.2) is 20.2 Å². The molecule has 5 aromatic rings. The van der Waals surface area contributed by atoms with E-state index in [-0.39, 0.29) is 11.7 Å². The van der Waals surface area contributed by atoms with Crippen molar-refractivity contribution in [3.05, 3.63) is 83.3 Å². The summed E-state index contributed by atoms with van der Waals surface area (Å²) in [5, 5.41) is 12.4. The molecule has 2 N–H and O–H groups in total. The van der Waals surface area contributed by atoms with Crippen LogP contribution < -0.4 is 10.9 Å². The molecule has 0 aliphatic carbocycles. The van der Waals surface area contributed by atoms with E-state index in [2.05, 4.69) is 25.5 Å². The molecule has 3 heterocycles. The van der Waals surface area contributed by atoms with E-state index in [1.54, 1.807) is 12.3 Å². The number of anilines is 1. The van der Waals surface area contributed by atoms with Gasteiger partial charge in [0.2, 0.25) is 0 Å². The summed E-state index contributed by atoms with van der Waals surface area (Å²) in [5.74, 6) is 1.17. The van der Waals surface area contributed by atoms with E-state index in [4.69, 9.17) is 4.42 Å². The lowest BCUT2D eigenvalue weighted by atomic mass is 9.96. The molecule has 0 bridgehead atoms. The number of rotatable bonds is 4. The number of benzene rings is 2. The van der Waals surface area contributed by atoms with E-state index in [0.717, 1.165) is 21.9 Å². The van der Waals surface area contributed by atoms with Crippen molar-refractivity contribution in [3.8, 4) is 11.1 Å². The number of fused-ring (bicyclic) bond motifs is 2. The fourth-order valence-electron chi connectivity index (χ4n) is 3.58. The van der Waals surface area contributed by atoms with Crippen molar-refractivity contribution in [2.75, 3.05) is 5.32 Å². The fraction of sp³-hybridized carbons (Fsp3) is 0.0909. The zero-order valence-electron chi connectivity index (χ0n) is 15.6. The fourth-order valence-corrected chi connectivity index (χ4v) is 3.58. The molecule has 5 rings (SSSR count). The Hall–Kier alpha value is -4.00. The Morgan fingerprint density at radius 2 is 1.72 bits per heavy atom. The standard InChI is InChI=1S/C22H17N5O2/c1-13(26-20-17-11-25-27-21(17)24-12-23-20)19-18(14-7-3-2-4-8-14)15-9-5-6-10-16(15)22(28)29-19/h2-13H,1H3,(H2,23,24,25,26,27). The van der Waals surface area contributed by atoms with Crippen LogP contribution in [0.2, 0.25) is 0 Å². The number of H-pyrrole nitrogens is 1. The molecule has 2 aromatic carbocycles. The van der Waals surface area contributed by atoms with Crippen molar-refractivity contribution in [1.29, 1.82) is 0 Å². The summed E-state index contributed by atoms with van der Waals surface area (Å²) in [6.07, 6.45) is 3.13. The Morgan fingerprint density at radius 3 is 2.55 bits per heavy atom. The summed E-state index contributed by atoms with van der Waals surface area (Å²) < 4.78 is 5.82. The largest absolute Gasteiger partial charge is 0.425 e. The molecule has 0 aliphatic rings. The minimum atomic E-state index is -0.361. The molecule has 3 aromatic heterocycles. The van der Waals surface area contributed by atoms with Crippen LogP contribution in [0.5, 0.6) is 0 Å².